The fourth-order valence-electron chi connectivity index (χ4n) is 3.53. The molecular formula is C26H27N5O5. The van der Waals surface area contributed by atoms with Crippen LogP contribution in [0.5, 0.6) is 5.75 Å². The lowest BCUT2D eigenvalue weighted by Crippen LogP contribution is -2.38. The van der Waals surface area contributed by atoms with Gasteiger partial charge in [-0.1, -0.05) is 12.1 Å². The lowest BCUT2D eigenvalue weighted by atomic mass is 10.1. The van der Waals surface area contributed by atoms with E-state index >= 15 is 0 Å². The molecule has 0 bridgehead atoms. The second kappa shape index (κ2) is 11.3. The van der Waals surface area contributed by atoms with Gasteiger partial charge >= 0.3 is 0 Å². The van der Waals surface area contributed by atoms with Gasteiger partial charge < -0.3 is 20.7 Å². The third-order valence-electron chi connectivity index (χ3n) is 5.64. The minimum absolute atomic E-state index is 0.00641. The molecule has 3 aromatic rings. The molecule has 1 aliphatic carbocycles. The summed E-state index contributed by atoms with van der Waals surface area (Å²) in [6.45, 7) is 0.124. The molecule has 1 saturated carbocycles. The lowest BCUT2D eigenvalue weighted by Gasteiger charge is -2.11. The summed E-state index contributed by atoms with van der Waals surface area (Å²) in [5.41, 5.74) is 1.89. The van der Waals surface area contributed by atoms with Gasteiger partial charge in [-0.25, -0.2) is 4.68 Å². The van der Waals surface area contributed by atoms with Crippen molar-refractivity contribution in [3.63, 3.8) is 0 Å². The van der Waals surface area contributed by atoms with Crippen molar-refractivity contribution in [1.29, 1.82) is 0 Å². The van der Waals surface area contributed by atoms with Crippen LogP contribution in [-0.4, -0.2) is 47.7 Å². The molecule has 0 radical (unpaired) electrons. The van der Waals surface area contributed by atoms with E-state index in [4.69, 9.17) is 4.74 Å². The van der Waals surface area contributed by atoms with Crippen molar-refractivity contribution in [2.24, 2.45) is 5.92 Å². The average Bonchev–Trinajstić information content (AvgIpc) is 3.74. The Labute approximate surface area is 207 Å². The summed E-state index contributed by atoms with van der Waals surface area (Å²) in [5.74, 6) is 0.00683. The van der Waals surface area contributed by atoms with Gasteiger partial charge in [-0.05, 0) is 55.3 Å². The van der Waals surface area contributed by atoms with Crippen molar-refractivity contribution in [2.45, 2.75) is 19.4 Å². The Morgan fingerprint density at radius 1 is 0.972 bits per heavy atom. The number of anilines is 1. The Kier molecular flexibility index (Phi) is 7.74. The van der Waals surface area contributed by atoms with Crippen molar-refractivity contribution in [2.75, 3.05) is 25.5 Å². The van der Waals surface area contributed by atoms with Crippen molar-refractivity contribution < 1.29 is 19.1 Å². The molecule has 2 aromatic carbocycles. The second-order valence-corrected chi connectivity index (χ2v) is 8.36. The van der Waals surface area contributed by atoms with Crippen LogP contribution in [0.2, 0.25) is 0 Å². The molecule has 0 spiro atoms. The van der Waals surface area contributed by atoms with Crippen LogP contribution in [-0.2, 0) is 16.1 Å². The number of methoxy groups -OCH3 is 1. The molecular weight excluding hydrogens is 462 g/mol. The maximum absolute atomic E-state index is 12.3. The SMILES string of the molecule is COc1ccccc1-c1ccc(=O)n(CC(=O)NCCNC(=O)c2ccc(NC(=O)C3CC3)cc2)n1. The van der Waals surface area contributed by atoms with E-state index in [1.54, 1.807) is 43.5 Å². The molecule has 1 aliphatic rings. The van der Waals surface area contributed by atoms with Gasteiger partial charge in [0.25, 0.3) is 11.5 Å². The lowest BCUT2D eigenvalue weighted by molar-refractivity contribution is -0.122. The number of nitrogens with zero attached hydrogens (tertiary/aromatic N) is 2. The minimum Gasteiger partial charge on any atom is -0.496 e. The van der Waals surface area contributed by atoms with Crippen LogP contribution in [0.3, 0.4) is 0 Å². The zero-order valence-electron chi connectivity index (χ0n) is 19.8. The normalized spacial score (nSPS) is 12.5. The van der Waals surface area contributed by atoms with Crippen LogP contribution in [0.4, 0.5) is 5.69 Å². The molecule has 0 unspecified atom stereocenters. The van der Waals surface area contributed by atoms with Gasteiger partial charge in [-0.15, -0.1) is 0 Å². The predicted molar refractivity (Wildman–Crippen MR) is 134 cm³/mol. The number of benzene rings is 2. The van der Waals surface area contributed by atoms with E-state index < -0.39 is 11.5 Å². The third kappa shape index (κ3) is 6.35. The van der Waals surface area contributed by atoms with Gasteiger partial charge in [0, 0.05) is 41.9 Å². The zero-order chi connectivity index (χ0) is 25.5. The number of para-hydroxylation sites is 1. The fourth-order valence-corrected chi connectivity index (χ4v) is 3.53. The molecule has 0 aliphatic heterocycles. The van der Waals surface area contributed by atoms with E-state index in [9.17, 15) is 19.2 Å². The first-order chi connectivity index (χ1) is 17.4. The number of amides is 3. The van der Waals surface area contributed by atoms with Gasteiger partial charge in [-0.3, -0.25) is 19.2 Å². The number of carbonyl (C=O) groups excluding carboxylic acids is 3. The van der Waals surface area contributed by atoms with Crippen LogP contribution >= 0.6 is 0 Å². The number of ether oxygens (including phenoxy) is 1. The van der Waals surface area contributed by atoms with Gasteiger partial charge in [0.15, 0.2) is 0 Å². The Balaban J connectivity index is 1.24. The smallest absolute Gasteiger partial charge is 0.267 e. The van der Waals surface area contributed by atoms with Crippen LogP contribution in [0, 0.1) is 5.92 Å². The Morgan fingerprint density at radius 2 is 1.69 bits per heavy atom. The first-order valence-corrected chi connectivity index (χ1v) is 11.6. The predicted octanol–water partition coefficient (Wildman–Crippen LogP) is 1.81. The Morgan fingerprint density at radius 3 is 2.42 bits per heavy atom. The Hall–Kier alpha value is -4.47. The van der Waals surface area contributed by atoms with E-state index in [0.717, 1.165) is 17.5 Å². The van der Waals surface area contributed by atoms with Crippen LogP contribution < -0.4 is 26.2 Å². The maximum atomic E-state index is 12.3. The van der Waals surface area contributed by atoms with E-state index in [1.165, 1.54) is 6.07 Å². The highest BCUT2D eigenvalue weighted by atomic mass is 16.5. The van der Waals surface area contributed by atoms with E-state index in [-0.39, 0.29) is 37.4 Å². The molecule has 0 saturated heterocycles. The van der Waals surface area contributed by atoms with Crippen LogP contribution in [0.1, 0.15) is 23.2 Å². The number of carbonyl (C=O) groups is 3. The molecule has 10 nitrogen and oxygen atoms in total. The number of hydrogen-bond donors (Lipinski definition) is 3. The largest absolute Gasteiger partial charge is 0.496 e. The zero-order valence-corrected chi connectivity index (χ0v) is 19.8. The summed E-state index contributed by atoms with van der Waals surface area (Å²) in [5, 5.41) is 12.5. The summed E-state index contributed by atoms with van der Waals surface area (Å²) < 4.78 is 6.42. The molecule has 10 heteroatoms. The monoisotopic (exact) mass is 489 g/mol. The van der Waals surface area contributed by atoms with Gasteiger partial charge in [0.2, 0.25) is 11.8 Å². The van der Waals surface area contributed by atoms with E-state index in [2.05, 4.69) is 21.0 Å². The molecule has 1 aromatic heterocycles. The summed E-state index contributed by atoms with van der Waals surface area (Å²) in [7, 11) is 1.55. The number of aromatic nitrogens is 2. The van der Waals surface area contributed by atoms with E-state index in [0.29, 0.717) is 28.3 Å². The summed E-state index contributed by atoms with van der Waals surface area (Å²) in [6, 6.07) is 16.8. The number of hydrogen-bond acceptors (Lipinski definition) is 6. The molecule has 4 rings (SSSR count). The van der Waals surface area contributed by atoms with Gasteiger partial charge in [0.05, 0.1) is 12.8 Å². The second-order valence-electron chi connectivity index (χ2n) is 8.36. The fraction of sp³-hybridized carbons (Fsp3) is 0.269. The minimum atomic E-state index is -0.410. The summed E-state index contributed by atoms with van der Waals surface area (Å²) in [4.78, 5) is 48.7. The first kappa shape index (κ1) is 24.6. The quantitative estimate of drug-likeness (QED) is 0.372. The van der Waals surface area contributed by atoms with Gasteiger partial charge in [-0.2, -0.15) is 5.10 Å². The van der Waals surface area contributed by atoms with E-state index in [1.807, 2.05) is 18.2 Å². The average molecular weight is 490 g/mol. The van der Waals surface area contributed by atoms with Gasteiger partial charge in [0.1, 0.15) is 12.3 Å². The molecule has 1 fully saturated rings. The summed E-state index contributed by atoms with van der Waals surface area (Å²) in [6.07, 6.45) is 1.84. The molecule has 3 N–H and O–H groups in total. The molecule has 36 heavy (non-hydrogen) atoms. The molecule has 1 heterocycles. The summed E-state index contributed by atoms with van der Waals surface area (Å²) >= 11 is 0. The highest BCUT2D eigenvalue weighted by Crippen LogP contribution is 2.30. The molecule has 186 valence electrons. The van der Waals surface area contributed by atoms with Crippen LogP contribution in [0.25, 0.3) is 11.3 Å². The standard InChI is InChI=1S/C26H27N5O5/c1-36-22-5-3-2-4-20(22)21-12-13-24(33)31(30-21)16-23(32)27-14-15-28-25(34)17-8-10-19(11-9-17)29-26(35)18-6-7-18/h2-5,8-13,18H,6-7,14-16H2,1H3,(H,27,32)(H,28,34)(H,29,35). The van der Waals surface area contributed by atoms with Crippen molar-refractivity contribution in [1.82, 2.24) is 20.4 Å². The highest BCUT2D eigenvalue weighted by Gasteiger charge is 2.29. The maximum Gasteiger partial charge on any atom is 0.267 e. The van der Waals surface area contributed by atoms with Crippen LogP contribution in [0.15, 0.2) is 65.5 Å². The molecule has 0 atom stereocenters. The number of rotatable bonds is 10. The molecule has 3 amide bonds. The topological polar surface area (TPSA) is 131 Å². The highest BCUT2D eigenvalue weighted by molar-refractivity contribution is 5.96. The first-order valence-electron chi connectivity index (χ1n) is 11.6. The third-order valence-corrected chi connectivity index (χ3v) is 5.64. The van der Waals surface area contributed by atoms with Crippen molar-refractivity contribution in [3.05, 3.63) is 76.6 Å². The Bertz CT molecular complexity index is 1310. The van der Waals surface area contributed by atoms with Crippen molar-refractivity contribution >= 4 is 23.4 Å². The number of nitrogens with one attached hydrogen (secondary N) is 3. The van der Waals surface area contributed by atoms with Crippen molar-refractivity contribution in [3.8, 4) is 17.0 Å².